The van der Waals surface area contributed by atoms with Gasteiger partial charge in [-0.25, -0.2) is 0 Å². The average Bonchev–Trinajstić information content (AvgIpc) is 3.03. The van der Waals surface area contributed by atoms with Crippen molar-refractivity contribution in [2.75, 3.05) is 0 Å². The van der Waals surface area contributed by atoms with Gasteiger partial charge in [-0.3, -0.25) is 0 Å². The Hall–Kier alpha value is -5.20. The Kier molecular flexibility index (Phi) is 10.1. The molecule has 0 saturated heterocycles. The number of fused-ring (bicyclic) bond motifs is 1. The Bertz CT molecular complexity index is 1840. The molecule has 4 aromatic carbocycles. The third-order valence-corrected chi connectivity index (χ3v) is 7.66. The SMILES string of the molecule is C=C/C=C(\C=C/C)/C=C(\C=C/C)c1ccc(-c2c(C=C)c(C=C)c(-c3ccc(C)cc3)c3ccccc23)c(C=C)c1C=C. The molecule has 212 valence electrons. The number of rotatable bonds is 11. The van der Waals surface area contributed by atoms with E-state index in [-0.39, 0.29) is 0 Å². The molecule has 0 radical (unpaired) electrons. The maximum atomic E-state index is 4.28. The van der Waals surface area contributed by atoms with Crippen LogP contribution in [-0.4, -0.2) is 0 Å². The fourth-order valence-corrected chi connectivity index (χ4v) is 5.83. The Morgan fingerprint density at radius 2 is 1.19 bits per heavy atom. The van der Waals surface area contributed by atoms with Crippen LogP contribution < -0.4 is 0 Å². The normalized spacial score (nSPS) is 12.2. The molecule has 43 heavy (non-hydrogen) atoms. The second-order valence-electron chi connectivity index (χ2n) is 10.3. The molecule has 0 aliphatic rings. The van der Waals surface area contributed by atoms with E-state index in [0.717, 1.165) is 66.6 Å². The smallest absolute Gasteiger partial charge is 0.00203 e. The highest BCUT2D eigenvalue weighted by Crippen LogP contribution is 2.45. The van der Waals surface area contributed by atoms with Gasteiger partial charge in [0.05, 0.1) is 0 Å². The van der Waals surface area contributed by atoms with Crippen molar-refractivity contribution in [2.45, 2.75) is 20.8 Å². The van der Waals surface area contributed by atoms with Gasteiger partial charge in [0.25, 0.3) is 0 Å². The van der Waals surface area contributed by atoms with Crippen molar-refractivity contribution in [3.05, 3.63) is 175 Å². The van der Waals surface area contributed by atoms with Crippen molar-refractivity contribution in [1.29, 1.82) is 0 Å². The second kappa shape index (κ2) is 14.1. The number of aryl methyl sites for hydroxylation is 1. The van der Waals surface area contributed by atoms with Crippen LogP contribution in [0.3, 0.4) is 0 Å². The molecule has 4 aromatic rings. The van der Waals surface area contributed by atoms with Gasteiger partial charge in [-0.1, -0.05) is 160 Å². The predicted octanol–water partition coefficient (Wildman–Crippen LogP) is 12.7. The summed E-state index contributed by atoms with van der Waals surface area (Å²) in [5.74, 6) is 0. The van der Waals surface area contributed by atoms with Gasteiger partial charge in [-0.15, -0.1) is 0 Å². The van der Waals surface area contributed by atoms with Crippen LogP contribution in [0.25, 0.3) is 62.9 Å². The van der Waals surface area contributed by atoms with Gasteiger partial charge >= 0.3 is 0 Å². The van der Waals surface area contributed by atoms with Crippen LogP contribution >= 0.6 is 0 Å². The summed E-state index contributed by atoms with van der Waals surface area (Å²) in [7, 11) is 0. The maximum Gasteiger partial charge on any atom is -0.00203 e. The van der Waals surface area contributed by atoms with Crippen molar-refractivity contribution in [2.24, 2.45) is 0 Å². The van der Waals surface area contributed by atoms with Crippen molar-refractivity contribution >= 4 is 40.6 Å². The van der Waals surface area contributed by atoms with E-state index in [1.54, 1.807) is 0 Å². The van der Waals surface area contributed by atoms with Gasteiger partial charge in [-0.2, -0.15) is 0 Å². The fourth-order valence-electron chi connectivity index (χ4n) is 5.83. The van der Waals surface area contributed by atoms with E-state index < -0.39 is 0 Å². The molecule has 0 heteroatoms. The molecule has 0 unspecified atom stereocenters. The third kappa shape index (κ3) is 6.05. The standard InChI is InChI=1S/C43H40/c1-9-18-31(19-10-2)29-33(20-11-3)38-27-28-41(35(13-5)34(38)12-4)43-37(15-7)36(14-6)42(32-25-23-30(8)24-26-32)39-21-16-17-22-40(39)43/h9-29H,1,4-7H2,2-3,8H3/b19-10-,20-11-,31-18+,33-29+. The van der Waals surface area contributed by atoms with Gasteiger partial charge in [0, 0.05) is 0 Å². The summed E-state index contributed by atoms with van der Waals surface area (Å²) in [6.07, 6.45) is 22.1. The van der Waals surface area contributed by atoms with Crippen LogP contribution in [0.2, 0.25) is 0 Å². The first-order valence-corrected chi connectivity index (χ1v) is 14.6. The molecule has 0 atom stereocenters. The third-order valence-electron chi connectivity index (χ3n) is 7.66. The van der Waals surface area contributed by atoms with Gasteiger partial charge in [-0.05, 0) is 98.8 Å². The molecule has 0 aliphatic heterocycles. The zero-order valence-corrected chi connectivity index (χ0v) is 25.7. The zero-order chi connectivity index (χ0) is 30.9. The van der Waals surface area contributed by atoms with Crippen LogP contribution in [0.4, 0.5) is 0 Å². The minimum atomic E-state index is 1.02. The summed E-state index contributed by atoms with van der Waals surface area (Å²) in [5.41, 5.74) is 13.1. The van der Waals surface area contributed by atoms with Crippen LogP contribution in [0.1, 0.15) is 47.2 Å². The van der Waals surface area contributed by atoms with E-state index in [2.05, 4.69) is 125 Å². The summed E-state index contributed by atoms with van der Waals surface area (Å²) in [4.78, 5) is 0. The molecule has 4 rings (SSSR count). The van der Waals surface area contributed by atoms with E-state index in [4.69, 9.17) is 0 Å². The van der Waals surface area contributed by atoms with Gasteiger partial charge in [0.2, 0.25) is 0 Å². The van der Waals surface area contributed by atoms with Crippen LogP contribution in [0, 0.1) is 6.92 Å². The molecule has 0 nitrogen and oxygen atoms in total. The molecule has 0 N–H and O–H groups in total. The highest BCUT2D eigenvalue weighted by molar-refractivity contribution is 6.12. The molecule has 0 fully saturated rings. The number of allylic oxidation sites excluding steroid dienone is 9. The highest BCUT2D eigenvalue weighted by Gasteiger charge is 2.21. The average molecular weight is 557 g/mol. The first kappa shape index (κ1) is 30.8. The van der Waals surface area contributed by atoms with Crippen LogP contribution in [0.15, 0.2) is 142 Å². The molecule has 0 spiro atoms. The van der Waals surface area contributed by atoms with Crippen molar-refractivity contribution in [3.8, 4) is 22.3 Å². The lowest BCUT2D eigenvalue weighted by molar-refractivity contribution is 1.47. The zero-order valence-electron chi connectivity index (χ0n) is 25.7. The predicted molar refractivity (Wildman–Crippen MR) is 196 cm³/mol. The number of hydrogen-bond acceptors (Lipinski definition) is 0. The summed E-state index contributed by atoms with van der Waals surface area (Å²) in [6.45, 7) is 27.1. The Labute approximate surface area is 258 Å². The fraction of sp³-hybridized carbons (Fsp3) is 0.0698. The molecule has 0 heterocycles. The van der Waals surface area contributed by atoms with Gasteiger partial charge in [0.1, 0.15) is 0 Å². The first-order valence-electron chi connectivity index (χ1n) is 14.6. The summed E-state index contributed by atoms with van der Waals surface area (Å²) in [6, 6.07) is 21.7. The monoisotopic (exact) mass is 556 g/mol. The summed E-state index contributed by atoms with van der Waals surface area (Å²) < 4.78 is 0. The van der Waals surface area contributed by atoms with Crippen LogP contribution in [0.5, 0.6) is 0 Å². The number of benzene rings is 4. The van der Waals surface area contributed by atoms with E-state index >= 15 is 0 Å². The van der Waals surface area contributed by atoms with Gasteiger partial charge in [0.15, 0.2) is 0 Å². The number of hydrogen-bond donors (Lipinski definition) is 0. The van der Waals surface area contributed by atoms with E-state index in [9.17, 15) is 0 Å². The molecular formula is C43H40. The lowest BCUT2D eigenvalue weighted by Crippen LogP contribution is -2.00. The molecule has 0 amide bonds. The van der Waals surface area contributed by atoms with E-state index in [1.165, 1.54) is 10.9 Å². The molecular weight excluding hydrogens is 516 g/mol. The molecule has 0 saturated carbocycles. The molecule has 0 aromatic heterocycles. The second-order valence-corrected chi connectivity index (χ2v) is 10.3. The maximum absolute atomic E-state index is 4.28. The molecule has 0 aliphatic carbocycles. The van der Waals surface area contributed by atoms with E-state index in [0.29, 0.717) is 0 Å². The minimum absolute atomic E-state index is 1.02. The van der Waals surface area contributed by atoms with Crippen molar-refractivity contribution in [1.82, 2.24) is 0 Å². The van der Waals surface area contributed by atoms with E-state index in [1.807, 2.05) is 56.4 Å². The van der Waals surface area contributed by atoms with Crippen LogP contribution in [-0.2, 0) is 0 Å². The molecule has 0 bridgehead atoms. The largest absolute Gasteiger partial charge is 0.0990 e. The topological polar surface area (TPSA) is 0 Å². The Morgan fingerprint density at radius 3 is 1.74 bits per heavy atom. The quantitative estimate of drug-likeness (QED) is 0.161. The lowest BCUT2D eigenvalue weighted by atomic mass is 9.80. The van der Waals surface area contributed by atoms with Crippen molar-refractivity contribution < 1.29 is 0 Å². The minimum Gasteiger partial charge on any atom is -0.0990 e. The first-order chi connectivity index (χ1) is 21.0. The Morgan fingerprint density at radius 1 is 0.605 bits per heavy atom. The lowest BCUT2D eigenvalue weighted by Gasteiger charge is -2.23. The summed E-state index contributed by atoms with van der Waals surface area (Å²) in [5, 5.41) is 2.32. The summed E-state index contributed by atoms with van der Waals surface area (Å²) >= 11 is 0. The Balaban J connectivity index is 2.13. The highest BCUT2D eigenvalue weighted by atomic mass is 14.2. The van der Waals surface area contributed by atoms with Crippen molar-refractivity contribution in [3.63, 3.8) is 0 Å². The van der Waals surface area contributed by atoms with Gasteiger partial charge < -0.3 is 0 Å².